The van der Waals surface area contributed by atoms with Crippen LogP contribution in [0.5, 0.6) is 0 Å². The molecule has 0 heterocycles. The first-order chi connectivity index (χ1) is 3.72. The lowest BCUT2D eigenvalue weighted by Gasteiger charge is -1.97. The summed E-state index contributed by atoms with van der Waals surface area (Å²) < 4.78 is 0. The molecule has 0 amide bonds. The molecule has 3 heteroatoms. The van der Waals surface area contributed by atoms with Gasteiger partial charge in [0.15, 0.2) is 0 Å². The van der Waals surface area contributed by atoms with Crippen LogP contribution in [0.4, 0.5) is 0 Å². The summed E-state index contributed by atoms with van der Waals surface area (Å²) in [6.07, 6.45) is 0. The van der Waals surface area contributed by atoms with E-state index in [-0.39, 0.29) is 0 Å². The number of nitrogens with one attached hydrogen (secondary N) is 1. The minimum atomic E-state index is 0.516. The van der Waals surface area contributed by atoms with E-state index in [1.165, 1.54) is 0 Å². The molecule has 0 aliphatic carbocycles. The fourth-order valence-electron chi connectivity index (χ4n) is 0.216. The summed E-state index contributed by atoms with van der Waals surface area (Å²) in [5.41, 5.74) is 0.516. The van der Waals surface area contributed by atoms with E-state index in [2.05, 4.69) is 23.6 Å². The topological polar surface area (TPSA) is 24.4 Å². The maximum absolute atomic E-state index is 4.73. The van der Waals surface area contributed by atoms with Crippen molar-refractivity contribution < 1.29 is 0 Å². The van der Waals surface area contributed by atoms with E-state index in [4.69, 9.17) is 12.2 Å². The van der Waals surface area contributed by atoms with Gasteiger partial charge in [-0.3, -0.25) is 4.99 Å². The highest BCUT2D eigenvalue weighted by molar-refractivity contribution is 7.80. The van der Waals surface area contributed by atoms with Crippen molar-refractivity contribution in [1.82, 2.24) is 5.32 Å². The zero-order valence-corrected chi connectivity index (χ0v) is 5.59. The average molecular weight is 128 g/mol. The predicted molar refractivity (Wildman–Crippen MR) is 40.3 cm³/mol. The largest absolute Gasteiger partial charge is 0.378 e. The molecule has 0 rings (SSSR count). The van der Waals surface area contributed by atoms with Crippen LogP contribution in [0.25, 0.3) is 0 Å². The normalized spacial score (nSPS) is 7.62. The third-order valence-corrected chi connectivity index (χ3v) is 1.12. The number of nitrogens with zero attached hydrogens (tertiary/aromatic N) is 1. The van der Waals surface area contributed by atoms with Crippen LogP contribution in [0.2, 0.25) is 0 Å². The van der Waals surface area contributed by atoms with Gasteiger partial charge >= 0.3 is 0 Å². The van der Waals surface area contributed by atoms with Gasteiger partial charge in [0.1, 0.15) is 4.99 Å². The monoisotopic (exact) mass is 128 g/mol. The molecule has 0 bridgehead atoms. The highest BCUT2D eigenvalue weighted by Crippen LogP contribution is 1.89. The van der Waals surface area contributed by atoms with E-state index in [0.717, 1.165) is 0 Å². The summed E-state index contributed by atoms with van der Waals surface area (Å²) in [5, 5.41) is 2.71. The summed E-state index contributed by atoms with van der Waals surface area (Å²) in [6, 6.07) is 0. The summed E-state index contributed by atoms with van der Waals surface area (Å²) in [4.78, 5) is 4.05. The maximum Gasteiger partial charge on any atom is 0.124 e. The third-order valence-electron chi connectivity index (χ3n) is 0.680. The van der Waals surface area contributed by atoms with Crippen LogP contribution in [-0.4, -0.2) is 18.8 Å². The van der Waals surface area contributed by atoms with Gasteiger partial charge in [-0.1, -0.05) is 18.8 Å². The summed E-state index contributed by atoms with van der Waals surface area (Å²) in [6.45, 7) is 6.76. The van der Waals surface area contributed by atoms with Gasteiger partial charge in [-0.15, -0.1) is 0 Å². The summed E-state index contributed by atoms with van der Waals surface area (Å²) in [7, 11) is 1.72. The number of rotatable bonds is 2. The van der Waals surface area contributed by atoms with Gasteiger partial charge in [0.25, 0.3) is 0 Å². The Labute approximate surface area is 54.3 Å². The Balaban J connectivity index is 3.82. The molecule has 0 fully saturated rings. The van der Waals surface area contributed by atoms with Gasteiger partial charge in [0.05, 0.1) is 5.70 Å². The second-order valence-electron chi connectivity index (χ2n) is 1.18. The Morgan fingerprint density at radius 2 is 2.25 bits per heavy atom. The Morgan fingerprint density at radius 1 is 1.75 bits per heavy atom. The van der Waals surface area contributed by atoms with Crippen molar-refractivity contribution in [1.29, 1.82) is 0 Å². The molecule has 0 radical (unpaired) electrons. The van der Waals surface area contributed by atoms with Crippen LogP contribution < -0.4 is 5.32 Å². The van der Waals surface area contributed by atoms with Crippen molar-refractivity contribution in [3.05, 3.63) is 12.3 Å². The second-order valence-corrected chi connectivity index (χ2v) is 1.59. The molecule has 0 aliphatic rings. The summed E-state index contributed by atoms with van der Waals surface area (Å²) >= 11 is 4.73. The van der Waals surface area contributed by atoms with E-state index in [1.54, 1.807) is 7.05 Å². The van der Waals surface area contributed by atoms with E-state index in [1.807, 2.05) is 0 Å². The SMILES string of the molecule is C=NC(=C)C(=S)NC. The van der Waals surface area contributed by atoms with Gasteiger partial charge in [-0.05, 0) is 6.72 Å². The van der Waals surface area contributed by atoms with Crippen molar-refractivity contribution in [2.24, 2.45) is 4.99 Å². The number of likely N-dealkylation sites (N-methyl/N-ethyl adjacent to an activating group) is 1. The molecule has 0 aromatic carbocycles. The molecule has 0 spiro atoms. The number of thiocarbonyl (C=S) groups is 1. The smallest absolute Gasteiger partial charge is 0.124 e. The van der Waals surface area contributed by atoms with Crippen LogP contribution in [0.3, 0.4) is 0 Å². The second kappa shape index (κ2) is 3.32. The van der Waals surface area contributed by atoms with E-state index in [0.29, 0.717) is 10.7 Å². The molecule has 2 nitrogen and oxygen atoms in total. The van der Waals surface area contributed by atoms with Gasteiger partial charge in [-0.25, -0.2) is 0 Å². The predicted octanol–water partition coefficient (Wildman–Crippen LogP) is 0.748. The van der Waals surface area contributed by atoms with Crippen molar-refractivity contribution in [2.75, 3.05) is 7.05 Å². The highest BCUT2D eigenvalue weighted by atomic mass is 32.1. The molecule has 0 saturated carbocycles. The maximum atomic E-state index is 4.73. The zero-order chi connectivity index (χ0) is 6.57. The highest BCUT2D eigenvalue weighted by Gasteiger charge is 1.91. The number of hydrogen-bond acceptors (Lipinski definition) is 2. The molecule has 1 N–H and O–H groups in total. The minimum absolute atomic E-state index is 0.516. The van der Waals surface area contributed by atoms with Crippen LogP contribution in [-0.2, 0) is 0 Å². The van der Waals surface area contributed by atoms with Gasteiger partial charge in [0.2, 0.25) is 0 Å². The van der Waals surface area contributed by atoms with Crippen molar-refractivity contribution in [3.8, 4) is 0 Å². The molecule has 0 unspecified atom stereocenters. The Bertz CT molecular complexity index is 128. The third kappa shape index (κ3) is 1.84. The number of hydrogen-bond donors (Lipinski definition) is 1. The molecule has 0 aromatic heterocycles. The van der Waals surface area contributed by atoms with Crippen LogP contribution in [0.15, 0.2) is 17.3 Å². The van der Waals surface area contributed by atoms with Gasteiger partial charge in [-0.2, -0.15) is 0 Å². The van der Waals surface area contributed by atoms with E-state index >= 15 is 0 Å². The molecule has 0 aliphatic heterocycles. The van der Waals surface area contributed by atoms with Gasteiger partial charge in [0, 0.05) is 7.05 Å². The van der Waals surface area contributed by atoms with E-state index < -0.39 is 0 Å². The average Bonchev–Trinajstić information content (AvgIpc) is 1.84. The van der Waals surface area contributed by atoms with Crippen molar-refractivity contribution in [2.45, 2.75) is 0 Å². The van der Waals surface area contributed by atoms with Crippen LogP contribution >= 0.6 is 12.2 Å². The lowest BCUT2D eigenvalue weighted by Crippen LogP contribution is -2.15. The molecule has 0 saturated heterocycles. The fourth-order valence-corrected chi connectivity index (χ4v) is 0.281. The minimum Gasteiger partial charge on any atom is -0.378 e. The Morgan fingerprint density at radius 3 is 2.38 bits per heavy atom. The first-order valence-electron chi connectivity index (χ1n) is 2.10. The molecule has 8 heavy (non-hydrogen) atoms. The van der Waals surface area contributed by atoms with Crippen LogP contribution in [0, 0.1) is 0 Å². The lowest BCUT2D eigenvalue weighted by molar-refractivity contribution is 1.19. The lowest BCUT2D eigenvalue weighted by atomic mass is 10.5. The fraction of sp³-hybridized carbons (Fsp3) is 0.200. The van der Waals surface area contributed by atoms with Crippen LogP contribution in [0.1, 0.15) is 0 Å². The molecule has 0 atom stereocenters. The van der Waals surface area contributed by atoms with Gasteiger partial charge < -0.3 is 5.32 Å². The first kappa shape index (κ1) is 7.30. The van der Waals surface area contributed by atoms with Crippen molar-refractivity contribution in [3.63, 3.8) is 0 Å². The number of aliphatic imine (C=N–C) groups is 1. The summed E-state index contributed by atoms with van der Waals surface area (Å²) in [5.74, 6) is 0. The standard InChI is InChI=1S/C5H8N2S/c1-4(6-2)5(8)7-3/h1-2H2,3H3,(H,7,8). The zero-order valence-electron chi connectivity index (χ0n) is 4.77. The Kier molecular flexibility index (Phi) is 3.03. The van der Waals surface area contributed by atoms with Crippen molar-refractivity contribution >= 4 is 23.9 Å². The molecular weight excluding hydrogens is 120 g/mol. The Hall–Kier alpha value is -0.700. The molecule has 0 aromatic rings. The first-order valence-corrected chi connectivity index (χ1v) is 2.51. The molecular formula is C5H8N2S. The van der Waals surface area contributed by atoms with E-state index in [9.17, 15) is 0 Å². The molecule has 44 valence electrons. The quantitative estimate of drug-likeness (QED) is 0.337.